The van der Waals surface area contributed by atoms with Gasteiger partial charge in [-0.15, -0.1) is 0 Å². The van der Waals surface area contributed by atoms with Crippen LogP contribution in [0.25, 0.3) is 21.8 Å². The number of fused-ring (bicyclic) bond motifs is 3. The molecule has 2 aromatic heterocycles. The molecule has 0 fully saturated rings. The number of carbonyl (C=O) groups is 1. The molecule has 0 saturated carbocycles. The number of rotatable bonds is 3. The van der Waals surface area contributed by atoms with Crippen molar-refractivity contribution in [3.63, 3.8) is 0 Å². The zero-order valence-corrected chi connectivity index (χ0v) is 13.0. The smallest absolute Gasteiger partial charge is 0.354 e. The van der Waals surface area contributed by atoms with E-state index in [2.05, 4.69) is 15.3 Å². The fourth-order valence-corrected chi connectivity index (χ4v) is 2.89. The summed E-state index contributed by atoms with van der Waals surface area (Å²) in [4.78, 5) is 19.4. The Hall–Kier alpha value is -2.47. The molecule has 1 aromatic carbocycles. The van der Waals surface area contributed by atoms with Crippen LogP contribution in [0.5, 0.6) is 0 Å². The topological polar surface area (TPSA) is 78.0 Å². The summed E-state index contributed by atoms with van der Waals surface area (Å²) < 4.78 is 0. The molecule has 0 aliphatic heterocycles. The molecule has 3 N–H and O–H groups in total. The molecule has 0 aliphatic carbocycles. The summed E-state index contributed by atoms with van der Waals surface area (Å²) in [5.74, 6) is -1.00. The summed E-state index contributed by atoms with van der Waals surface area (Å²) in [6, 6.07) is 5.87. The first-order valence-corrected chi connectivity index (χ1v) is 7.36. The maximum Gasteiger partial charge on any atom is 0.354 e. The van der Waals surface area contributed by atoms with Crippen LogP contribution in [-0.4, -0.2) is 26.0 Å². The van der Waals surface area contributed by atoms with E-state index in [1.807, 2.05) is 32.0 Å². The Morgan fingerprint density at radius 2 is 2.18 bits per heavy atom. The number of carboxylic acids is 1. The Morgan fingerprint density at radius 3 is 2.82 bits per heavy atom. The maximum atomic E-state index is 11.4. The summed E-state index contributed by atoms with van der Waals surface area (Å²) in [6.07, 6.45) is 2.18. The van der Waals surface area contributed by atoms with Gasteiger partial charge in [0.2, 0.25) is 0 Å². The zero-order chi connectivity index (χ0) is 15.9. The highest BCUT2D eigenvalue weighted by molar-refractivity contribution is 7.80. The summed E-state index contributed by atoms with van der Waals surface area (Å²) in [7, 11) is 0. The van der Waals surface area contributed by atoms with Crippen LogP contribution >= 0.6 is 12.2 Å². The molecule has 22 heavy (non-hydrogen) atoms. The van der Waals surface area contributed by atoms with Crippen LogP contribution in [0.3, 0.4) is 0 Å². The summed E-state index contributed by atoms with van der Waals surface area (Å²) in [5.41, 5.74) is 3.53. The molecular formula is C16H15N3O2S. The lowest BCUT2D eigenvalue weighted by molar-refractivity contribution is 0.0689. The molecule has 5 nitrogen and oxygen atoms in total. The SMILES string of the molecule is CCc1c(C(=O)O)ncc2[nH]c3ccc(NC(C)=S)cc3c12. The maximum absolute atomic E-state index is 11.4. The van der Waals surface area contributed by atoms with Gasteiger partial charge in [0, 0.05) is 22.0 Å². The number of aryl methyl sites for hydroxylation is 1. The highest BCUT2D eigenvalue weighted by Gasteiger charge is 2.17. The van der Waals surface area contributed by atoms with Crippen molar-refractivity contribution in [2.75, 3.05) is 5.32 Å². The number of pyridine rings is 1. The van der Waals surface area contributed by atoms with Crippen LogP contribution < -0.4 is 5.32 Å². The molecule has 3 aromatic rings. The Kier molecular flexibility index (Phi) is 3.54. The Labute approximate surface area is 132 Å². The average molecular weight is 313 g/mol. The lowest BCUT2D eigenvalue weighted by atomic mass is 10.0. The second kappa shape index (κ2) is 5.38. The minimum atomic E-state index is -1.00. The van der Waals surface area contributed by atoms with E-state index in [9.17, 15) is 9.90 Å². The second-order valence-electron chi connectivity index (χ2n) is 5.10. The van der Waals surface area contributed by atoms with Crippen molar-refractivity contribution in [2.45, 2.75) is 20.3 Å². The fourth-order valence-electron chi connectivity index (χ4n) is 2.77. The molecule has 0 amide bonds. The van der Waals surface area contributed by atoms with E-state index in [1.54, 1.807) is 6.20 Å². The largest absolute Gasteiger partial charge is 0.477 e. The van der Waals surface area contributed by atoms with Gasteiger partial charge in [0.25, 0.3) is 0 Å². The number of hydrogen-bond donors (Lipinski definition) is 3. The molecule has 112 valence electrons. The molecule has 6 heteroatoms. The van der Waals surface area contributed by atoms with Crippen molar-refractivity contribution in [2.24, 2.45) is 0 Å². The fraction of sp³-hybridized carbons (Fsp3) is 0.188. The molecular weight excluding hydrogens is 298 g/mol. The molecule has 0 saturated heterocycles. The van der Waals surface area contributed by atoms with Gasteiger partial charge in [-0.25, -0.2) is 9.78 Å². The summed E-state index contributed by atoms with van der Waals surface area (Å²) >= 11 is 5.07. The number of aromatic nitrogens is 2. The van der Waals surface area contributed by atoms with E-state index in [4.69, 9.17) is 12.2 Å². The van der Waals surface area contributed by atoms with Gasteiger partial charge in [-0.2, -0.15) is 0 Å². The zero-order valence-electron chi connectivity index (χ0n) is 12.2. The monoisotopic (exact) mass is 313 g/mol. The highest BCUT2D eigenvalue weighted by atomic mass is 32.1. The van der Waals surface area contributed by atoms with E-state index in [-0.39, 0.29) is 5.69 Å². The predicted octanol–water partition coefficient (Wildman–Crippen LogP) is 3.74. The van der Waals surface area contributed by atoms with Gasteiger partial charge in [0.15, 0.2) is 5.69 Å². The van der Waals surface area contributed by atoms with Crippen LogP contribution in [0, 0.1) is 0 Å². The number of aromatic carboxylic acids is 1. The van der Waals surface area contributed by atoms with Gasteiger partial charge in [-0.1, -0.05) is 19.1 Å². The first-order chi connectivity index (χ1) is 10.5. The number of H-pyrrole nitrogens is 1. The van der Waals surface area contributed by atoms with Crippen LogP contribution in [0.2, 0.25) is 0 Å². The molecule has 0 radical (unpaired) electrons. The Balaban J connectivity index is 2.35. The molecule has 2 heterocycles. The summed E-state index contributed by atoms with van der Waals surface area (Å²) in [6.45, 7) is 3.75. The van der Waals surface area contributed by atoms with Crippen molar-refractivity contribution in [3.8, 4) is 0 Å². The first kappa shape index (κ1) is 14.5. The van der Waals surface area contributed by atoms with E-state index in [0.29, 0.717) is 11.4 Å². The Bertz CT molecular complexity index is 915. The number of carboxylic acid groups (broad SMARTS) is 1. The number of hydrogen-bond acceptors (Lipinski definition) is 3. The minimum absolute atomic E-state index is 0.111. The van der Waals surface area contributed by atoms with Crippen LogP contribution in [0.4, 0.5) is 5.69 Å². The standard InChI is InChI=1S/C16H15N3O2S/c1-3-10-14-11-6-9(18-8(2)22)4-5-12(11)19-13(14)7-17-15(10)16(20)21/h4-7,19H,3H2,1-2H3,(H,18,22)(H,20,21). The number of aromatic amines is 1. The van der Waals surface area contributed by atoms with Gasteiger partial charge in [0.1, 0.15) is 0 Å². The predicted molar refractivity (Wildman–Crippen MR) is 91.8 cm³/mol. The Morgan fingerprint density at radius 1 is 1.41 bits per heavy atom. The number of thiocarbonyl (C=S) groups is 1. The van der Waals surface area contributed by atoms with Crippen molar-refractivity contribution >= 4 is 50.7 Å². The quantitative estimate of drug-likeness (QED) is 0.642. The number of benzene rings is 1. The summed E-state index contributed by atoms with van der Waals surface area (Å²) in [5, 5.41) is 14.3. The van der Waals surface area contributed by atoms with Crippen molar-refractivity contribution < 1.29 is 9.90 Å². The van der Waals surface area contributed by atoms with Gasteiger partial charge < -0.3 is 15.4 Å². The third kappa shape index (κ3) is 2.31. The number of nitrogens with zero attached hydrogens (tertiary/aromatic N) is 1. The van der Waals surface area contributed by atoms with E-state index in [0.717, 1.165) is 33.1 Å². The van der Waals surface area contributed by atoms with E-state index in [1.165, 1.54) is 0 Å². The van der Waals surface area contributed by atoms with Crippen LogP contribution in [-0.2, 0) is 6.42 Å². The van der Waals surface area contributed by atoms with E-state index >= 15 is 0 Å². The van der Waals surface area contributed by atoms with Crippen molar-refractivity contribution in [1.82, 2.24) is 9.97 Å². The van der Waals surface area contributed by atoms with Gasteiger partial charge in [0.05, 0.1) is 16.7 Å². The highest BCUT2D eigenvalue weighted by Crippen LogP contribution is 2.31. The average Bonchev–Trinajstić information content (AvgIpc) is 2.83. The molecule has 0 atom stereocenters. The molecule has 0 aliphatic rings. The molecule has 0 bridgehead atoms. The van der Waals surface area contributed by atoms with Gasteiger partial charge in [-0.05, 0) is 37.1 Å². The second-order valence-corrected chi connectivity index (χ2v) is 5.71. The molecule has 3 rings (SSSR count). The van der Waals surface area contributed by atoms with Crippen molar-refractivity contribution in [3.05, 3.63) is 35.7 Å². The molecule has 0 spiro atoms. The third-order valence-electron chi connectivity index (χ3n) is 3.61. The minimum Gasteiger partial charge on any atom is -0.477 e. The third-order valence-corrected chi connectivity index (χ3v) is 3.72. The van der Waals surface area contributed by atoms with E-state index < -0.39 is 5.97 Å². The number of anilines is 1. The van der Waals surface area contributed by atoms with Gasteiger partial charge >= 0.3 is 5.97 Å². The number of nitrogens with one attached hydrogen (secondary N) is 2. The van der Waals surface area contributed by atoms with Crippen LogP contribution in [0.1, 0.15) is 29.9 Å². The molecule has 0 unspecified atom stereocenters. The first-order valence-electron chi connectivity index (χ1n) is 6.95. The normalized spacial score (nSPS) is 11.0. The van der Waals surface area contributed by atoms with Crippen LogP contribution in [0.15, 0.2) is 24.4 Å². The lowest BCUT2D eigenvalue weighted by Gasteiger charge is -2.06. The lowest BCUT2D eigenvalue weighted by Crippen LogP contribution is -2.05. The van der Waals surface area contributed by atoms with Crippen molar-refractivity contribution in [1.29, 1.82) is 0 Å². The van der Waals surface area contributed by atoms with Gasteiger partial charge in [-0.3, -0.25) is 0 Å².